The summed E-state index contributed by atoms with van der Waals surface area (Å²) in [4.78, 5) is 0. The minimum Gasteiger partial charge on any atom is -0.377 e. The highest BCUT2D eigenvalue weighted by molar-refractivity contribution is 5.29. The molecule has 2 heterocycles. The maximum absolute atomic E-state index is 5.62. The van der Waals surface area contributed by atoms with Gasteiger partial charge in [-0.2, -0.15) is 0 Å². The van der Waals surface area contributed by atoms with Crippen molar-refractivity contribution >= 4 is 0 Å². The second kappa shape index (κ2) is 5.83. The van der Waals surface area contributed by atoms with E-state index in [0.29, 0.717) is 12.1 Å². The molecule has 1 saturated heterocycles. The van der Waals surface area contributed by atoms with Crippen LogP contribution in [0.5, 0.6) is 0 Å². The van der Waals surface area contributed by atoms with Gasteiger partial charge in [0.2, 0.25) is 0 Å². The number of nitrogens with one attached hydrogen (secondary N) is 2. The predicted molar refractivity (Wildman–Crippen MR) is 72.6 cm³/mol. The van der Waals surface area contributed by atoms with Crippen LogP contribution >= 0.6 is 0 Å². The zero-order chi connectivity index (χ0) is 12.2. The van der Waals surface area contributed by atoms with E-state index in [-0.39, 0.29) is 0 Å². The highest BCUT2D eigenvalue weighted by Crippen LogP contribution is 2.16. The van der Waals surface area contributed by atoms with E-state index in [0.717, 1.165) is 32.7 Å². The van der Waals surface area contributed by atoms with E-state index in [1.165, 1.54) is 24.0 Å². The molecule has 0 aliphatic carbocycles. The standard InChI is InChI=1S/C15H22N2O/c1-2-5-13-9-17-14(8-12(13)4-1)10-16-11-15-6-3-7-18-15/h1-2,4-5,14-17H,3,6-11H2. The molecule has 0 saturated carbocycles. The Balaban J connectivity index is 1.44. The number of hydrogen-bond donors (Lipinski definition) is 2. The maximum atomic E-state index is 5.62. The van der Waals surface area contributed by atoms with Gasteiger partial charge in [-0.3, -0.25) is 0 Å². The first-order valence-corrected chi connectivity index (χ1v) is 7.04. The van der Waals surface area contributed by atoms with E-state index < -0.39 is 0 Å². The van der Waals surface area contributed by atoms with Crippen LogP contribution in [0.1, 0.15) is 24.0 Å². The van der Waals surface area contributed by atoms with E-state index in [9.17, 15) is 0 Å². The van der Waals surface area contributed by atoms with Crippen LogP contribution in [-0.2, 0) is 17.7 Å². The van der Waals surface area contributed by atoms with Crippen molar-refractivity contribution in [2.24, 2.45) is 0 Å². The molecule has 0 bridgehead atoms. The van der Waals surface area contributed by atoms with Gasteiger partial charge >= 0.3 is 0 Å². The van der Waals surface area contributed by atoms with E-state index in [1.54, 1.807) is 0 Å². The third-order valence-electron chi connectivity index (χ3n) is 3.95. The van der Waals surface area contributed by atoms with Crippen LogP contribution in [0.25, 0.3) is 0 Å². The van der Waals surface area contributed by atoms with Crippen molar-refractivity contribution < 1.29 is 4.74 Å². The summed E-state index contributed by atoms with van der Waals surface area (Å²) < 4.78 is 5.62. The summed E-state index contributed by atoms with van der Waals surface area (Å²) in [7, 11) is 0. The Kier molecular flexibility index (Phi) is 3.93. The predicted octanol–water partition coefficient (Wildman–Crippen LogP) is 1.47. The fraction of sp³-hybridized carbons (Fsp3) is 0.600. The van der Waals surface area contributed by atoms with E-state index >= 15 is 0 Å². The number of ether oxygens (including phenoxy) is 1. The third kappa shape index (κ3) is 2.91. The summed E-state index contributed by atoms with van der Waals surface area (Å²) in [6.07, 6.45) is 4.02. The zero-order valence-corrected chi connectivity index (χ0v) is 10.8. The van der Waals surface area contributed by atoms with Crippen LogP contribution in [0, 0.1) is 0 Å². The molecule has 2 N–H and O–H groups in total. The molecule has 2 atom stereocenters. The monoisotopic (exact) mass is 246 g/mol. The molecule has 0 amide bonds. The molecule has 18 heavy (non-hydrogen) atoms. The Labute approximate surface area is 109 Å². The van der Waals surface area contributed by atoms with Gasteiger partial charge in [0, 0.05) is 32.3 Å². The highest BCUT2D eigenvalue weighted by Gasteiger charge is 2.19. The van der Waals surface area contributed by atoms with Gasteiger partial charge in [0.1, 0.15) is 0 Å². The molecule has 2 unspecified atom stereocenters. The molecule has 1 fully saturated rings. The van der Waals surface area contributed by atoms with Gasteiger partial charge in [-0.05, 0) is 30.4 Å². The zero-order valence-electron chi connectivity index (χ0n) is 10.8. The summed E-state index contributed by atoms with van der Waals surface area (Å²) >= 11 is 0. The summed E-state index contributed by atoms with van der Waals surface area (Å²) in [5.74, 6) is 0. The van der Waals surface area contributed by atoms with Gasteiger partial charge in [0.25, 0.3) is 0 Å². The molecular weight excluding hydrogens is 224 g/mol. The normalized spacial score (nSPS) is 27.1. The molecule has 0 radical (unpaired) electrons. The Bertz CT molecular complexity index is 388. The van der Waals surface area contributed by atoms with Crippen molar-refractivity contribution in [1.82, 2.24) is 10.6 Å². The lowest BCUT2D eigenvalue weighted by Crippen LogP contribution is -2.44. The summed E-state index contributed by atoms with van der Waals surface area (Å²) in [5.41, 5.74) is 2.95. The molecule has 3 heteroatoms. The Morgan fingerprint density at radius 2 is 2.11 bits per heavy atom. The Morgan fingerprint density at radius 3 is 2.94 bits per heavy atom. The highest BCUT2D eigenvalue weighted by atomic mass is 16.5. The van der Waals surface area contributed by atoms with E-state index in [1.807, 2.05) is 0 Å². The van der Waals surface area contributed by atoms with E-state index in [4.69, 9.17) is 4.74 Å². The molecule has 0 spiro atoms. The summed E-state index contributed by atoms with van der Waals surface area (Å²) in [6.45, 7) is 3.98. The molecule has 98 valence electrons. The van der Waals surface area contributed by atoms with Crippen LogP contribution in [0.15, 0.2) is 24.3 Å². The largest absolute Gasteiger partial charge is 0.377 e. The molecular formula is C15H22N2O. The van der Waals surface area contributed by atoms with Crippen LogP contribution in [0.4, 0.5) is 0 Å². The number of rotatable bonds is 4. The lowest BCUT2D eigenvalue weighted by Gasteiger charge is -2.26. The molecule has 2 aliphatic rings. The molecule has 0 aromatic heterocycles. The van der Waals surface area contributed by atoms with Crippen molar-refractivity contribution in [3.05, 3.63) is 35.4 Å². The van der Waals surface area contributed by atoms with Crippen molar-refractivity contribution in [3.63, 3.8) is 0 Å². The van der Waals surface area contributed by atoms with Gasteiger partial charge in [-0.25, -0.2) is 0 Å². The summed E-state index contributed by atoms with van der Waals surface area (Å²) in [6, 6.07) is 9.29. The molecule has 2 aliphatic heterocycles. The van der Waals surface area contributed by atoms with E-state index in [2.05, 4.69) is 34.9 Å². The van der Waals surface area contributed by atoms with Crippen LogP contribution in [0.3, 0.4) is 0 Å². The lowest BCUT2D eigenvalue weighted by molar-refractivity contribution is 0.109. The molecule has 1 aromatic carbocycles. The van der Waals surface area contributed by atoms with Crippen LogP contribution in [0.2, 0.25) is 0 Å². The van der Waals surface area contributed by atoms with Gasteiger partial charge in [-0.1, -0.05) is 24.3 Å². The first kappa shape index (κ1) is 12.2. The Morgan fingerprint density at radius 1 is 1.22 bits per heavy atom. The summed E-state index contributed by atoms with van der Waals surface area (Å²) in [5, 5.41) is 7.14. The third-order valence-corrected chi connectivity index (χ3v) is 3.95. The topological polar surface area (TPSA) is 33.3 Å². The number of fused-ring (bicyclic) bond motifs is 1. The van der Waals surface area contributed by atoms with Gasteiger partial charge in [0.05, 0.1) is 6.10 Å². The average Bonchev–Trinajstić information content (AvgIpc) is 2.92. The minimum atomic E-state index is 0.445. The average molecular weight is 246 g/mol. The fourth-order valence-electron chi connectivity index (χ4n) is 2.89. The second-order valence-electron chi connectivity index (χ2n) is 5.34. The SMILES string of the molecule is c1ccc2c(c1)CNC(CNCC1CCCO1)C2. The smallest absolute Gasteiger partial charge is 0.0700 e. The van der Waals surface area contributed by atoms with Crippen LogP contribution in [-0.4, -0.2) is 31.8 Å². The van der Waals surface area contributed by atoms with Crippen LogP contribution < -0.4 is 10.6 Å². The fourth-order valence-corrected chi connectivity index (χ4v) is 2.89. The molecule has 1 aromatic rings. The number of benzene rings is 1. The lowest BCUT2D eigenvalue weighted by atomic mass is 9.96. The molecule has 3 rings (SSSR count). The quantitative estimate of drug-likeness (QED) is 0.844. The second-order valence-corrected chi connectivity index (χ2v) is 5.34. The van der Waals surface area contributed by atoms with Crippen molar-refractivity contribution in [3.8, 4) is 0 Å². The van der Waals surface area contributed by atoms with Gasteiger partial charge in [-0.15, -0.1) is 0 Å². The van der Waals surface area contributed by atoms with Gasteiger partial charge in [0.15, 0.2) is 0 Å². The number of hydrogen-bond acceptors (Lipinski definition) is 3. The maximum Gasteiger partial charge on any atom is 0.0700 e. The van der Waals surface area contributed by atoms with Crippen molar-refractivity contribution in [1.29, 1.82) is 0 Å². The minimum absolute atomic E-state index is 0.445. The first-order valence-electron chi connectivity index (χ1n) is 7.04. The first-order chi connectivity index (χ1) is 8.92. The van der Waals surface area contributed by atoms with Crippen molar-refractivity contribution in [2.75, 3.05) is 19.7 Å². The van der Waals surface area contributed by atoms with Gasteiger partial charge < -0.3 is 15.4 Å². The Hall–Kier alpha value is -0.900. The molecule has 3 nitrogen and oxygen atoms in total. The van der Waals surface area contributed by atoms with Crippen molar-refractivity contribution in [2.45, 2.75) is 38.0 Å².